The van der Waals surface area contributed by atoms with Gasteiger partial charge in [-0.3, -0.25) is 14.5 Å². The summed E-state index contributed by atoms with van der Waals surface area (Å²) in [6.45, 7) is 2.62. The molecule has 2 amide bonds. The molecule has 2 N–H and O–H groups in total. The molecule has 1 aliphatic heterocycles. The van der Waals surface area contributed by atoms with E-state index in [1.807, 2.05) is 36.4 Å². The van der Waals surface area contributed by atoms with E-state index in [-0.39, 0.29) is 11.7 Å². The lowest BCUT2D eigenvalue weighted by molar-refractivity contribution is -0.118. The highest BCUT2D eigenvalue weighted by molar-refractivity contribution is 7.15. The Hall–Kier alpha value is -3.75. The van der Waals surface area contributed by atoms with Crippen molar-refractivity contribution in [2.24, 2.45) is 0 Å². The molecular weight excluding hydrogens is 460 g/mol. The maximum Gasteiger partial charge on any atom is 0.287 e. The molecule has 3 heterocycles. The van der Waals surface area contributed by atoms with Crippen molar-refractivity contribution in [2.75, 3.05) is 11.9 Å². The predicted molar refractivity (Wildman–Crippen MR) is 135 cm³/mol. The molecule has 0 saturated carbocycles. The maximum atomic E-state index is 13.2. The van der Waals surface area contributed by atoms with Gasteiger partial charge < -0.3 is 15.1 Å². The van der Waals surface area contributed by atoms with E-state index < -0.39 is 11.9 Å². The quantitative estimate of drug-likeness (QED) is 0.388. The van der Waals surface area contributed by atoms with Gasteiger partial charge in [-0.25, -0.2) is 4.98 Å². The smallest absolute Gasteiger partial charge is 0.287 e. The lowest BCUT2D eigenvalue weighted by Gasteiger charge is -2.25. The van der Waals surface area contributed by atoms with Gasteiger partial charge >= 0.3 is 0 Å². The first-order valence-corrected chi connectivity index (χ1v) is 12.4. The Morgan fingerprint density at radius 3 is 2.46 bits per heavy atom. The van der Waals surface area contributed by atoms with E-state index in [9.17, 15) is 9.59 Å². The number of furan rings is 1. The lowest BCUT2D eigenvalue weighted by Crippen LogP contribution is -2.45. The molecule has 2 aromatic carbocycles. The van der Waals surface area contributed by atoms with Crippen LogP contribution in [-0.4, -0.2) is 34.3 Å². The van der Waals surface area contributed by atoms with Crippen molar-refractivity contribution in [1.82, 2.24) is 15.2 Å². The van der Waals surface area contributed by atoms with E-state index in [1.54, 1.807) is 12.1 Å². The minimum Gasteiger partial charge on any atom is -0.459 e. The number of hydrogen-bond acceptors (Lipinski definition) is 6. The fourth-order valence-electron chi connectivity index (χ4n) is 4.17. The van der Waals surface area contributed by atoms with Crippen LogP contribution >= 0.6 is 11.3 Å². The molecule has 8 heteroatoms. The molecule has 1 aliphatic rings. The molecular formula is C27H26N4O3S. The number of benzene rings is 2. The number of amides is 2. The van der Waals surface area contributed by atoms with Crippen molar-refractivity contribution < 1.29 is 14.0 Å². The number of carbonyl (C=O) groups is 2. The minimum absolute atomic E-state index is 0.166. The van der Waals surface area contributed by atoms with E-state index in [0.717, 1.165) is 37.3 Å². The van der Waals surface area contributed by atoms with Crippen LogP contribution in [-0.2, 0) is 30.7 Å². The largest absolute Gasteiger partial charge is 0.459 e. The molecule has 35 heavy (non-hydrogen) atoms. The topological polar surface area (TPSA) is 87.5 Å². The standard InChI is InChI=1S/C27H26N4O3S/c32-25(22(16-19-8-3-1-4-9-19)28-26(33)23-12-7-15-34-23)30-27-29-21-13-14-31(18-24(21)35-27)17-20-10-5-2-6-11-20/h1-12,15,22H,13-14,16-18H2,(H,28,33)(H,29,30,32). The number of fused-ring (bicyclic) bond motifs is 1. The average molecular weight is 487 g/mol. The first kappa shape index (κ1) is 23.0. The van der Waals surface area contributed by atoms with Crippen LogP contribution in [0.2, 0.25) is 0 Å². The van der Waals surface area contributed by atoms with Gasteiger partial charge in [0, 0.05) is 37.4 Å². The van der Waals surface area contributed by atoms with Crippen molar-refractivity contribution in [3.63, 3.8) is 0 Å². The van der Waals surface area contributed by atoms with Crippen LogP contribution in [0.1, 0.15) is 32.3 Å². The molecule has 0 saturated heterocycles. The molecule has 1 unspecified atom stereocenters. The molecule has 5 rings (SSSR count). The normalized spacial score (nSPS) is 14.2. The molecule has 4 aromatic rings. The Morgan fingerprint density at radius 1 is 1.00 bits per heavy atom. The molecule has 1 atom stereocenters. The first-order chi connectivity index (χ1) is 17.1. The number of anilines is 1. The second kappa shape index (κ2) is 10.7. The van der Waals surface area contributed by atoms with Gasteiger partial charge in [0.05, 0.1) is 12.0 Å². The molecule has 178 valence electrons. The number of carbonyl (C=O) groups excluding carboxylic acids is 2. The van der Waals surface area contributed by atoms with Crippen LogP contribution < -0.4 is 10.6 Å². The zero-order valence-electron chi connectivity index (χ0n) is 19.1. The summed E-state index contributed by atoms with van der Waals surface area (Å²) in [5, 5.41) is 6.31. The van der Waals surface area contributed by atoms with Crippen molar-refractivity contribution >= 4 is 28.3 Å². The SMILES string of the molecule is O=C(NC(Cc1ccccc1)C(=O)Nc1nc2c(s1)CN(Cc1ccccc1)CC2)c1ccco1. The third-order valence-corrected chi connectivity index (χ3v) is 6.94. The van der Waals surface area contributed by atoms with Gasteiger partial charge in [-0.05, 0) is 23.3 Å². The Morgan fingerprint density at radius 2 is 1.74 bits per heavy atom. The summed E-state index contributed by atoms with van der Waals surface area (Å²) in [5.41, 5.74) is 3.27. The van der Waals surface area contributed by atoms with E-state index in [4.69, 9.17) is 4.42 Å². The van der Waals surface area contributed by atoms with Crippen LogP contribution in [0, 0.1) is 0 Å². The fraction of sp³-hybridized carbons (Fsp3) is 0.222. The molecule has 0 radical (unpaired) electrons. The van der Waals surface area contributed by atoms with Crippen LogP contribution in [0.5, 0.6) is 0 Å². The average Bonchev–Trinajstić information content (AvgIpc) is 3.55. The molecule has 0 aliphatic carbocycles. The summed E-state index contributed by atoms with van der Waals surface area (Å²) >= 11 is 1.50. The van der Waals surface area contributed by atoms with E-state index in [1.165, 1.54) is 28.0 Å². The van der Waals surface area contributed by atoms with Gasteiger partial charge in [-0.1, -0.05) is 60.7 Å². The summed E-state index contributed by atoms with van der Waals surface area (Å²) in [6.07, 6.45) is 2.63. The zero-order chi connectivity index (χ0) is 24.0. The summed E-state index contributed by atoms with van der Waals surface area (Å²) in [6, 6.07) is 22.5. The Labute approximate surface area is 207 Å². The van der Waals surface area contributed by atoms with Gasteiger partial charge in [0.1, 0.15) is 6.04 Å². The Balaban J connectivity index is 1.27. The zero-order valence-corrected chi connectivity index (χ0v) is 20.0. The van der Waals surface area contributed by atoms with Crippen LogP contribution in [0.25, 0.3) is 0 Å². The molecule has 0 bridgehead atoms. The molecule has 0 fully saturated rings. The van der Waals surface area contributed by atoms with Crippen LogP contribution in [0.4, 0.5) is 5.13 Å². The lowest BCUT2D eigenvalue weighted by atomic mass is 10.1. The molecule has 2 aromatic heterocycles. The second-order valence-corrected chi connectivity index (χ2v) is 9.60. The fourth-order valence-corrected chi connectivity index (χ4v) is 5.22. The highest BCUT2D eigenvalue weighted by Crippen LogP contribution is 2.29. The summed E-state index contributed by atoms with van der Waals surface area (Å²) < 4.78 is 5.19. The summed E-state index contributed by atoms with van der Waals surface area (Å²) in [7, 11) is 0. The Kier molecular flexibility index (Phi) is 7.02. The van der Waals surface area contributed by atoms with Crippen molar-refractivity contribution in [2.45, 2.75) is 32.0 Å². The van der Waals surface area contributed by atoms with Crippen LogP contribution in [0.3, 0.4) is 0 Å². The monoisotopic (exact) mass is 486 g/mol. The number of nitrogens with one attached hydrogen (secondary N) is 2. The van der Waals surface area contributed by atoms with Crippen molar-refractivity contribution in [1.29, 1.82) is 0 Å². The van der Waals surface area contributed by atoms with Gasteiger partial charge in [0.15, 0.2) is 10.9 Å². The number of hydrogen-bond donors (Lipinski definition) is 2. The van der Waals surface area contributed by atoms with Crippen molar-refractivity contribution in [3.8, 4) is 0 Å². The summed E-state index contributed by atoms with van der Waals surface area (Å²) in [5.74, 6) is -0.568. The number of thiazole rings is 1. The Bertz CT molecular complexity index is 1270. The third-order valence-electron chi connectivity index (χ3n) is 5.94. The first-order valence-electron chi connectivity index (χ1n) is 11.6. The minimum atomic E-state index is -0.773. The van der Waals surface area contributed by atoms with Gasteiger partial charge in [-0.15, -0.1) is 11.3 Å². The third kappa shape index (κ3) is 5.85. The summed E-state index contributed by atoms with van der Waals surface area (Å²) in [4.78, 5) is 34.1. The molecule has 7 nitrogen and oxygen atoms in total. The van der Waals surface area contributed by atoms with Crippen LogP contribution in [0.15, 0.2) is 83.5 Å². The predicted octanol–water partition coefficient (Wildman–Crippen LogP) is 4.27. The van der Waals surface area contributed by atoms with Gasteiger partial charge in [0.25, 0.3) is 5.91 Å². The van der Waals surface area contributed by atoms with E-state index in [2.05, 4.69) is 44.8 Å². The second-order valence-electron chi connectivity index (χ2n) is 8.52. The van der Waals surface area contributed by atoms with Gasteiger partial charge in [0.2, 0.25) is 5.91 Å². The highest BCUT2D eigenvalue weighted by atomic mass is 32.1. The molecule has 0 spiro atoms. The van der Waals surface area contributed by atoms with E-state index in [0.29, 0.717) is 11.6 Å². The van der Waals surface area contributed by atoms with Crippen molar-refractivity contribution in [3.05, 3.63) is 107 Å². The number of rotatable bonds is 8. The van der Waals surface area contributed by atoms with E-state index >= 15 is 0 Å². The highest BCUT2D eigenvalue weighted by Gasteiger charge is 2.26. The van der Waals surface area contributed by atoms with Gasteiger partial charge in [-0.2, -0.15) is 0 Å². The number of aromatic nitrogens is 1. The maximum absolute atomic E-state index is 13.2. The number of nitrogens with zero attached hydrogens (tertiary/aromatic N) is 2.